The highest BCUT2D eigenvalue weighted by Crippen LogP contribution is 2.14. The molecule has 3 nitrogen and oxygen atoms in total. The van der Waals surface area contributed by atoms with Crippen molar-refractivity contribution >= 4 is 5.97 Å². The van der Waals surface area contributed by atoms with Crippen molar-refractivity contribution in [3.8, 4) is 0 Å². The van der Waals surface area contributed by atoms with Gasteiger partial charge in [-0.25, -0.2) is 4.79 Å². The summed E-state index contributed by atoms with van der Waals surface area (Å²) in [5.41, 5.74) is 0.0411. The smallest absolute Gasteiger partial charge is 0.334 e. The number of aliphatic hydroxyl groups excluding tert-OH is 1. The Bertz CT molecular complexity index is 182. The van der Waals surface area contributed by atoms with Crippen molar-refractivity contribution in [1.29, 1.82) is 0 Å². The monoisotopic (exact) mass is 158 g/mol. The van der Waals surface area contributed by atoms with Crippen LogP contribution in [0.2, 0.25) is 0 Å². The van der Waals surface area contributed by atoms with Crippen LogP contribution in [0.5, 0.6) is 0 Å². The van der Waals surface area contributed by atoms with Crippen molar-refractivity contribution in [2.24, 2.45) is 5.92 Å². The second-order valence-corrected chi connectivity index (χ2v) is 2.62. The van der Waals surface area contributed by atoms with Gasteiger partial charge in [-0.2, -0.15) is 0 Å². The molecule has 0 bridgehead atoms. The van der Waals surface area contributed by atoms with E-state index >= 15 is 0 Å². The molecule has 0 saturated carbocycles. The summed E-state index contributed by atoms with van der Waals surface area (Å²) in [5.74, 6) is -1.13. The average Bonchev–Trinajstić information content (AvgIpc) is 2.00. The predicted molar refractivity (Wildman–Crippen MR) is 42.4 cm³/mol. The number of rotatable bonds is 3. The van der Waals surface area contributed by atoms with Crippen LogP contribution in [0.3, 0.4) is 0 Å². The molecule has 0 aromatic carbocycles. The molecule has 2 N–H and O–H groups in total. The number of carbonyl (C=O) groups is 1. The fourth-order valence-electron chi connectivity index (χ4n) is 0.673. The molecule has 0 aliphatic heterocycles. The summed E-state index contributed by atoms with van der Waals surface area (Å²) < 4.78 is 0. The molecule has 0 rings (SSSR count). The van der Waals surface area contributed by atoms with E-state index < -0.39 is 5.97 Å². The van der Waals surface area contributed by atoms with Gasteiger partial charge in [0.2, 0.25) is 0 Å². The minimum absolute atomic E-state index is 0.0139. The lowest BCUT2D eigenvalue weighted by molar-refractivity contribution is -0.132. The SMILES string of the molecule is CCC(C)C(O)=C(C)C(=O)O. The van der Waals surface area contributed by atoms with Crippen molar-refractivity contribution < 1.29 is 15.0 Å². The fourth-order valence-corrected chi connectivity index (χ4v) is 0.673. The molecular formula is C8H14O3. The zero-order valence-electron chi connectivity index (χ0n) is 7.09. The second-order valence-electron chi connectivity index (χ2n) is 2.62. The number of aliphatic carboxylic acids is 1. The maximum absolute atomic E-state index is 10.3. The van der Waals surface area contributed by atoms with Crippen LogP contribution in [0.15, 0.2) is 11.3 Å². The number of hydrogen-bond donors (Lipinski definition) is 2. The molecule has 0 saturated heterocycles. The van der Waals surface area contributed by atoms with Gasteiger partial charge in [-0.1, -0.05) is 13.8 Å². The Morgan fingerprint density at radius 3 is 2.18 bits per heavy atom. The van der Waals surface area contributed by atoms with Gasteiger partial charge in [0.25, 0.3) is 0 Å². The molecule has 0 spiro atoms. The van der Waals surface area contributed by atoms with E-state index in [9.17, 15) is 9.90 Å². The third-order valence-electron chi connectivity index (χ3n) is 1.78. The highest BCUT2D eigenvalue weighted by molar-refractivity contribution is 5.86. The summed E-state index contributed by atoms with van der Waals surface area (Å²) in [6, 6.07) is 0. The molecule has 0 aliphatic carbocycles. The Morgan fingerprint density at radius 2 is 1.91 bits per heavy atom. The Kier molecular flexibility index (Phi) is 3.65. The average molecular weight is 158 g/mol. The van der Waals surface area contributed by atoms with Crippen molar-refractivity contribution in [3.63, 3.8) is 0 Å². The molecule has 11 heavy (non-hydrogen) atoms. The van der Waals surface area contributed by atoms with Crippen molar-refractivity contribution in [2.45, 2.75) is 27.2 Å². The lowest BCUT2D eigenvalue weighted by Crippen LogP contribution is -2.06. The Balaban J connectivity index is 4.51. The van der Waals surface area contributed by atoms with Crippen LogP contribution in [0.25, 0.3) is 0 Å². The largest absolute Gasteiger partial charge is 0.511 e. The van der Waals surface area contributed by atoms with Crippen LogP contribution < -0.4 is 0 Å². The maximum Gasteiger partial charge on any atom is 0.334 e. The topological polar surface area (TPSA) is 57.5 Å². The van der Waals surface area contributed by atoms with E-state index in [0.29, 0.717) is 0 Å². The van der Waals surface area contributed by atoms with Gasteiger partial charge >= 0.3 is 5.97 Å². The molecule has 3 heteroatoms. The summed E-state index contributed by atoms with van der Waals surface area (Å²) >= 11 is 0. The zero-order valence-corrected chi connectivity index (χ0v) is 7.09. The molecule has 0 radical (unpaired) electrons. The third kappa shape index (κ3) is 2.62. The van der Waals surface area contributed by atoms with Crippen LogP contribution >= 0.6 is 0 Å². The number of carboxylic acids is 1. The van der Waals surface area contributed by atoms with Gasteiger partial charge in [0.15, 0.2) is 0 Å². The number of aliphatic hydroxyl groups is 1. The summed E-state index contributed by atoms with van der Waals surface area (Å²) in [7, 11) is 0. The van der Waals surface area contributed by atoms with Crippen molar-refractivity contribution in [1.82, 2.24) is 0 Å². The second kappa shape index (κ2) is 4.01. The number of carboxylic acid groups (broad SMARTS) is 1. The molecule has 0 aromatic heterocycles. The van der Waals surface area contributed by atoms with E-state index in [1.807, 2.05) is 6.92 Å². The Morgan fingerprint density at radius 1 is 1.45 bits per heavy atom. The van der Waals surface area contributed by atoms with E-state index in [1.165, 1.54) is 6.92 Å². The van der Waals surface area contributed by atoms with E-state index in [2.05, 4.69) is 0 Å². The molecule has 0 amide bonds. The summed E-state index contributed by atoms with van der Waals surface area (Å²) in [4.78, 5) is 10.3. The highest BCUT2D eigenvalue weighted by atomic mass is 16.4. The quantitative estimate of drug-likeness (QED) is 0.487. The molecule has 0 fully saturated rings. The molecule has 1 unspecified atom stereocenters. The van der Waals surface area contributed by atoms with Gasteiger partial charge < -0.3 is 10.2 Å². The Hall–Kier alpha value is -0.990. The lowest BCUT2D eigenvalue weighted by Gasteiger charge is -2.08. The predicted octanol–water partition coefficient (Wildman–Crippen LogP) is 1.95. The highest BCUT2D eigenvalue weighted by Gasteiger charge is 2.12. The van der Waals surface area contributed by atoms with E-state index in [1.54, 1.807) is 6.92 Å². The fraction of sp³-hybridized carbons (Fsp3) is 0.625. The van der Waals surface area contributed by atoms with E-state index in [0.717, 1.165) is 6.42 Å². The van der Waals surface area contributed by atoms with Crippen LogP contribution in [-0.4, -0.2) is 16.2 Å². The summed E-state index contributed by atoms with van der Waals surface area (Å²) in [5, 5.41) is 17.7. The van der Waals surface area contributed by atoms with Gasteiger partial charge in [-0.15, -0.1) is 0 Å². The summed E-state index contributed by atoms with van der Waals surface area (Å²) in [6.45, 7) is 5.10. The van der Waals surface area contributed by atoms with Crippen LogP contribution in [0.1, 0.15) is 27.2 Å². The minimum atomic E-state index is -1.05. The molecule has 0 heterocycles. The standard InChI is InChI=1S/C8H14O3/c1-4-5(2)7(9)6(3)8(10)11/h5,9H,4H2,1-3H3,(H,10,11). The Labute approximate surface area is 66.4 Å². The van der Waals surface area contributed by atoms with Crippen LogP contribution in [0, 0.1) is 5.92 Å². The number of hydrogen-bond acceptors (Lipinski definition) is 2. The minimum Gasteiger partial charge on any atom is -0.511 e. The van der Waals surface area contributed by atoms with Crippen molar-refractivity contribution in [2.75, 3.05) is 0 Å². The molecule has 0 aliphatic rings. The molecule has 64 valence electrons. The normalized spacial score (nSPS) is 15.5. The molecule has 1 atom stereocenters. The molecular weight excluding hydrogens is 144 g/mol. The van der Waals surface area contributed by atoms with Gasteiger partial charge in [-0.3, -0.25) is 0 Å². The van der Waals surface area contributed by atoms with Gasteiger partial charge in [0.05, 0.1) is 5.57 Å². The van der Waals surface area contributed by atoms with Gasteiger partial charge in [-0.05, 0) is 13.3 Å². The first-order chi connectivity index (χ1) is 5.00. The van der Waals surface area contributed by atoms with Gasteiger partial charge in [0, 0.05) is 5.92 Å². The lowest BCUT2D eigenvalue weighted by atomic mass is 10.0. The number of allylic oxidation sites excluding steroid dienone is 1. The first-order valence-corrected chi connectivity index (χ1v) is 3.63. The first-order valence-electron chi connectivity index (χ1n) is 3.63. The zero-order chi connectivity index (χ0) is 9.02. The first kappa shape index (κ1) is 10.0. The van der Waals surface area contributed by atoms with Gasteiger partial charge in [0.1, 0.15) is 5.76 Å². The third-order valence-corrected chi connectivity index (χ3v) is 1.78. The maximum atomic E-state index is 10.3. The summed E-state index contributed by atoms with van der Waals surface area (Å²) in [6.07, 6.45) is 0.746. The van der Waals surface area contributed by atoms with E-state index in [-0.39, 0.29) is 17.3 Å². The van der Waals surface area contributed by atoms with Crippen LogP contribution in [-0.2, 0) is 4.79 Å². The van der Waals surface area contributed by atoms with Crippen LogP contribution in [0.4, 0.5) is 0 Å². The molecule has 0 aromatic rings. The van der Waals surface area contributed by atoms with E-state index in [4.69, 9.17) is 5.11 Å². The van der Waals surface area contributed by atoms with Crippen molar-refractivity contribution in [3.05, 3.63) is 11.3 Å².